The molecule has 2 heteroatoms. The Labute approximate surface area is 266 Å². The molecular weight excluding hydrogens is 556 g/mol. The molecule has 2 heterocycles. The molecule has 10 aromatic rings. The molecule has 0 saturated heterocycles. The predicted octanol–water partition coefficient (Wildman–Crippen LogP) is 11.9. The third-order valence-electron chi connectivity index (χ3n) is 9.68. The van der Waals surface area contributed by atoms with Crippen molar-refractivity contribution in [3.05, 3.63) is 170 Å². The van der Waals surface area contributed by atoms with Crippen molar-refractivity contribution in [3.8, 4) is 22.5 Å². The smallest absolute Gasteiger partial charge is 0.0619 e. The average Bonchev–Trinajstić information content (AvgIpc) is 3.63. The van der Waals surface area contributed by atoms with E-state index in [1.807, 2.05) is 0 Å². The Hall–Kier alpha value is -6.12. The van der Waals surface area contributed by atoms with Gasteiger partial charge in [-0.1, -0.05) is 133 Å². The van der Waals surface area contributed by atoms with Crippen molar-refractivity contribution in [2.45, 2.75) is 0 Å². The normalized spacial score (nSPS) is 11.9. The summed E-state index contributed by atoms with van der Waals surface area (Å²) in [5.74, 6) is 0. The van der Waals surface area contributed by atoms with E-state index in [-0.39, 0.29) is 0 Å². The number of hydrogen-bond donors (Lipinski definition) is 0. The largest absolute Gasteiger partial charge is 0.309 e. The van der Waals surface area contributed by atoms with Crippen molar-refractivity contribution in [1.82, 2.24) is 9.13 Å². The molecular formula is C44H28N2. The summed E-state index contributed by atoms with van der Waals surface area (Å²) in [4.78, 5) is 0. The van der Waals surface area contributed by atoms with Crippen molar-refractivity contribution < 1.29 is 0 Å². The van der Waals surface area contributed by atoms with Gasteiger partial charge in [0, 0.05) is 38.2 Å². The SMILES string of the molecule is c1ccc(-n2c3cc4c(cc3c3ccc5ccccc5c32)c2ccccc2n4-c2ccccc2-c2cccc3ccccc23)cc1. The van der Waals surface area contributed by atoms with Gasteiger partial charge in [-0.25, -0.2) is 0 Å². The molecule has 0 radical (unpaired) electrons. The van der Waals surface area contributed by atoms with Crippen molar-refractivity contribution in [2.75, 3.05) is 0 Å². The van der Waals surface area contributed by atoms with Crippen LogP contribution in [0.5, 0.6) is 0 Å². The highest BCUT2D eigenvalue weighted by Gasteiger charge is 2.21. The van der Waals surface area contributed by atoms with Gasteiger partial charge in [0.2, 0.25) is 0 Å². The van der Waals surface area contributed by atoms with Gasteiger partial charge in [-0.15, -0.1) is 0 Å². The number of rotatable bonds is 3. The van der Waals surface area contributed by atoms with E-state index in [1.54, 1.807) is 0 Å². The zero-order chi connectivity index (χ0) is 30.2. The number of fused-ring (bicyclic) bond motifs is 9. The van der Waals surface area contributed by atoms with E-state index in [0.717, 1.165) is 5.69 Å². The summed E-state index contributed by atoms with van der Waals surface area (Å²) in [5, 5.41) is 10.1. The van der Waals surface area contributed by atoms with Crippen LogP contribution in [-0.4, -0.2) is 9.13 Å². The highest BCUT2D eigenvalue weighted by Crippen LogP contribution is 2.43. The maximum absolute atomic E-state index is 2.48. The monoisotopic (exact) mass is 584 g/mol. The fraction of sp³-hybridized carbons (Fsp3) is 0. The lowest BCUT2D eigenvalue weighted by Crippen LogP contribution is -1.98. The van der Waals surface area contributed by atoms with E-state index in [9.17, 15) is 0 Å². The summed E-state index contributed by atoms with van der Waals surface area (Å²) in [6.45, 7) is 0. The Balaban J connectivity index is 1.38. The van der Waals surface area contributed by atoms with Crippen LogP contribution in [0.3, 0.4) is 0 Å². The summed E-state index contributed by atoms with van der Waals surface area (Å²) < 4.78 is 4.94. The second kappa shape index (κ2) is 9.69. The molecule has 0 amide bonds. The molecule has 0 saturated carbocycles. The Kier molecular flexibility index (Phi) is 5.31. The highest BCUT2D eigenvalue weighted by atomic mass is 15.0. The fourth-order valence-corrected chi connectivity index (χ4v) is 7.70. The second-order valence-corrected chi connectivity index (χ2v) is 12.1. The summed E-state index contributed by atoms with van der Waals surface area (Å²) in [6, 6.07) is 62.0. The summed E-state index contributed by atoms with van der Waals surface area (Å²) in [6.07, 6.45) is 0. The molecule has 0 fully saturated rings. The van der Waals surface area contributed by atoms with E-state index in [2.05, 4.69) is 179 Å². The first-order valence-electron chi connectivity index (χ1n) is 15.9. The topological polar surface area (TPSA) is 9.86 Å². The lowest BCUT2D eigenvalue weighted by Gasteiger charge is -2.16. The molecule has 0 aliphatic carbocycles. The van der Waals surface area contributed by atoms with Crippen molar-refractivity contribution in [3.63, 3.8) is 0 Å². The third-order valence-corrected chi connectivity index (χ3v) is 9.68. The van der Waals surface area contributed by atoms with Crippen LogP contribution in [0, 0.1) is 0 Å². The summed E-state index contributed by atoms with van der Waals surface area (Å²) in [5.41, 5.74) is 9.66. The first-order chi connectivity index (χ1) is 22.8. The van der Waals surface area contributed by atoms with Gasteiger partial charge in [0.15, 0.2) is 0 Å². The Morgan fingerprint density at radius 3 is 1.78 bits per heavy atom. The van der Waals surface area contributed by atoms with E-state index in [0.29, 0.717) is 0 Å². The summed E-state index contributed by atoms with van der Waals surface area (Å²) in [7, 11) is 0. The molecule has 46 heavy (non-hydrogen) atoms. The van der Waals surface area contributed by atoms with Crippen LogP contribution in [0.15, 0.2) is 170 Å². The minimum atomic E-state index is 1.16. The van der Waals surface area contributed by atoms with Crippen LogP contribution >= 0.6 is 0 Å². The number of hydrogen-bond acceptors (Lipinski definition) is 0. The van der Waals surface area contributed by atoms with Gasteiger partial charge in [-0.2, -0.15) is 0 Å². The van der Waals surface area contributed by atoms with Crippen LogP contribution < -0.4 is 0 Å². The zero-order valence-electron chi connectivity index (χ0n) is 25.1. The van der Waals surface area contributed by atoms with E-state index >= 15 is 0 Å². The standard InChI is InChI=1S/C44H28N2/c1-2-16-31(17-3-1)45-42-28-43-38(27-39(42)37-26-25-30-14-5-7-19-33(30)44(37)45)36-21-9-11-24-41(36)46(43)40-23-10-8-20-35(40)34-22-12-15-29-13-4-6-18-32(29)34/h1-28H. The lowest BCUT2D eigenvalue weighted by molar-refractivity contribution is 1.17. The van der Waals surface area contributed by atoms with Gasteiger partial charge in [0.05, 0.1) is 27.8 Å². The molecule has 2 nitrogen and oxygen atoms in total. The van der Waals surface area contributed by atoms with Crippen molar-refractivity contribution in [2.24, 2.45) is 0 Å². The lowest BCUT2D eigenvalue weighted by atomic mass is 9.97. The van der Waals surface area contributed by atoms with E-state index in [1.165, 1.54) is 82.0 Å². The fourth-order valence-electron chi connectivity index (χ4n) is 7.70. The number of nitrogens with zero attached hydrogens (tertiary/aromatic N) is 2. The van der Waals surface area contributed by atoms with E-state index in [4.69, 9.17) is 0 Å². The first-order valence-corrected chi connectivity index (χ1v) is 15.9. The van der Waals surface area contributed by atoms with Crippen molar-refractivity contribution in [1.29, 1.82) is 0 Å². The quantitative estimate of drug-likeness (QED) is 0.195. The Bertz CT molecular complexity index is 2790. The molecule has 0 N–H and O–H groups in total. The minimum Gasteiger partial charge on any atom is -0.309 e. The summed E-state index contributed by atoms with van der Waals surface area (Å²) >= 11 is 0. The van der Waals surface area contributed by atoms with Crippen LogP contribution in [0.2, 0.25) is 0 Å². The third kappa shape index (κ3) is 3.53. The van der Waals surface area contributed by atoms with Gasteiger partial charge >= 0.3 is 0 Å². The molecule has 0 aliphatic rings. The molecule has 0 atom stereocenters. The van der Waals surface area contributed by atoms with E-state index < -0.39 is 0 Å². The number of aromatic nitrogens is 2. The van der Waals surface area contributed by atoms with Crippen LogP contribution in [0.4, 0.5) is 0 Å². The maximum Gasteiger partial charge on any atom is 0.0619 e. The predicted molar refractivity (Wildman–Crippen MR) is 196 cm³/mol. The minimum absolute atomic E-state index is 1.16. The maximum atomic E-state index is 2.48. The number of para-hydroxylation sites is 3. The molecule has 0 aliphatic heterocycles. The molecule has 10 rings (SSSR count). The van der Waals surface area contributed by atoms with Gasteiger partial charge in [0.25, 0.3) is 0 Å². The van der Waals surface area contributed by atoms with Gasteiger partial charge in [0.1, 0.15) is 0 Å². The molecule has 0 spiro atoms. The van der Waals surface area contributed by atoms with Crippen molar-refractivity contribution >= 4 is 65.2 Å². The Morgan fingerprint density at radius 1 is 0.304 bits per heavy atom. The average molecular weight is 585 g/mol. The highest BCUT2D eigenvalue weighted by molar-refractivity contribution is 6.23. The molecule has 0 unspecified atom stereocenters. The first kappa shape index (κ1) is 25.2. The second-order valence-electron chi connectivity index (χ2n) is 12.1. The van der Waals surface area contributed by atoms with Crippen LogP contribution in [-0.2, 0) is 0 Å². The van der Waals surface area contributed by atoms with Gasteiger partial charge in [-0.3, -0.25) is 0 Å². The van der Waals surface area contributed by atoms with Crippen LogP contribution in [0.25, 0.3) is 87.7 Å². The Morgan fingerprint density at radius 2 is 0.913 bits per heavy atom. The zero-order valence-corrected chi connectivity index (χ0v) is 25.1. The number of benzene rings is 8. The molecule has 2 aromatic heterocycles. The van der Waals surface area contributed by atoms with Gasteiger partial charge in [-0.05, 0) is 58.1 Å². The van der Waals surface area contributed by atoms with Crippen LogP contribution in [0.1, 0.15) is 0 Å². The molecule has 0 bridgehead atoms. The van der Waals surface area contributed by atoms with Gasteiger partial charge < -0.3 is 9.13 Å². The molecule has 214 valence electrons. The molecule has 8 aromatic carbocycles.